The fraction of sp³-hybridized carbons (Fsp3) is 0.375. The van der Waals surface area contributed by atoms with Gasteiger partial charge in [-0.05, 0) is 6.92 Å². The van der Waals surface area contributed by atoms with Crippen molar-refractivity contribution in [3.8, 4) is 0 Å². The molecule has 1 heterocycles. The first kappa shape index (κ1) is 9.60. The molecule has 0 aliphatic carbocycles. The third-order valence-electron chi connectivity index (χ3n) is 1.40. The van der Waals surface area contributed by atoms with Crippen molar-refractivity contribution in [2.75, 3.05) is 12.0 Å². The molecule has 0 radical (unpaired) electrons. The molecule has 0 atom stereocenters. The molecule has 70 valence electrons. The Morgan fingerprint density at radius 2 is 2.46 bits per heavy atom. The van der Waals surface area contributed by atoms with Gasteiger partial charge in [-0.2, -0.15) is 5.10 Å². The fourth-order valence-corrected chi connectivity index (χ4v) is 0.727. The Balaban J connectivity index is 2.47. The number of hydrogen-bond acceptors (Lipinski definition) is 5. The van der Waals surface area contributed by atoms with Gasteiger partial charge in [-0.15, -0.1) is 0 Å². The van der Waals surface area contributed by atoms with Crippen molar-refractivity contribution >= 4 is 11.5 Å². The van der Waals surface area contributed by atoms with Crippen LogP contribution in [0.4, 0.5) is 5.82 Å². The fourth-order valence-electron chi connectivity index (χ4n) is 0.727. The molecule has 1 aromatic heterocycles. The van der Waals surface area contributed by atoms with Gasteiger partial charge < -0.3 is 5.11 Å². The zero-order chi connectivity index (χ0) is 9.52. The lowest BCUT2D eigenvalue weighted by molar-refractivity contribution is 0.307. The van der Waals surface area contributed by atoms with E-state index in [9.17, 15) is 0 Å². The maximum atomic E-state index is 8.60. The van der Waals surface area contributed by atoms with Crippen molar-refractivity contribution in [2.24, 2.45) is 5.10 Å². The minimum Gasteiger partial charge on any atom is -0.396 e. The Kier molecular flexibility index (Phi) is 3.84. The van der Waals surface area contributed by atoms with Crippen molar-refractivity contribution in [1.82, 2.24) is 9.97 Å². The lowest BCUT2D eigenvalue weighted by atomic mass is 10.3. The van der Waals surface area contributed by atoms with E-state index in [1.807, 2.05) is 6.92 Å². The van der Waals surface area contributed by atoms with E-state index in [1.54, 1.807) is 18.6 Å². The first-order valence-electron chi connectivity index (χ1n) is 3.99. The Labute approximate surface area is 76.5 Å². The Morgan fingerprint density at radius 3 is 3.08 bits per heavy atom. The summed E-state index contributed by atoms with van der Waals surface area (Å²) in [6.07, 6.45) is 5.32. The number of nitrogens with zero attached hydrogens (tertiary/aromatic N) is 3. The van der Waals surface area contributed by atoms with E-state index in [1.165, 1.54) is 0 Å². The molecule has 1 rings (SSSR count). The van der Waals surface area contributed by atoms with Crippen molar-refractivity contribution in [3.05, 3.63) is 18.6 Å². The smallest absolute Gasteiger partial charge is 0.164 e. The van der Waals surface area contributed by atoms with Crippen LogP contribution in [0.25, 0.3) is 0 Å². The summed E-state index contributed by atoms with van der Waals surface area (Å²) < 4.78 is 0. The quantitative estimate of drug-likeness (QED) is 0.527. The third-order valence-corrected chi connectivity index (χ3v) is 1.40. The minimum absolute atomic E-state index is 0.109. The maximum absolute atomic E-state index is 8.60. The second-order valence-corrected chi connectivity index (χ2v) is 2.52. The molecule has 0 aromatic carbocycles. The van der Waals surface area contributed by atoms with E-state index in [4.69, 9.17) is 5.11 Å². The van der Waals surface area contributed by atoms with Crippen LogP contribution >= 0.6 is 0 Å². The highest BCUT2D eigenvalue weighted by molar-refractivity contribution is 5.82. The van der Waals surface area contributed by atoms with Gasteiger partial charge in [-0.1, -0.05) is 0 Å². The van der Waals surface area contributed by atoms with Crippen LogP contribution in [0.2, 0.25) is 0 Å². The van der Waals surface area contributed by atoms with Crippen molar-refractivity contribution in [1.29, 1.82) is 0 Å². The highest BCUT2D eigenvalue weighted by Gasteiger charge is 1.91. The lowest BCUT2D eigenvalue weighted by Crippen LogP contribution is -2.01. The van der Waals surface area contributed by atoms with Gasteiger partial charge >= 0.3 is 0 Å². The summed E-state index contributed by atoms with van der Waals surface area (Å²) in [6.45, 7) is 1.94. The van der Waals surface area contributed by atoms with E-state index >= 15 is 0 Å². The number of hydrazone groups is 1. The number of hydrogen-bond donors (Lipinski definition) is 2. The zero-order valence-electron chi connectivity index (χ0n) is 7.44. The highest BCUT2D eigenvalue weighted by Crippen LogP contribution is 1.97. The van der Waals surface area contributed by atoms with Gasteiger partial charge in [0.25, 0.3) is 0 Å². The van der Waals surface area contributed by atoms with E-state index in [-0.39, 0.29) is 6.61 Å². The largest absolute Gasteiger partial charge is 0.396 e. The topological polar surface area (TPSA) is 70.4 Å². The molecule has 0 bridgehead atoms. The van der Waals surface area contributed by atoms with Gasteiger partial charge in [0.05, 0.1) is 6.20 Å². The normalized spacial score (nSPS) is 11.4. The summed E-state index contributed by atoms with van der Waals surface area (Å²) in [4.78, 5) is 7.83. The summed E-state index contributed by atoms with van der Waals surface area (Å²) in [5, 5.41) is 12.6. The molecule has 0 aliphatic heterocycles. The predicted octanol–water partition coefficient (Wildman–Crippen LogP) is 0.647. The summed E-state index contributed by atoms with van der Waals surface area (Å²) in [7, 11) is 0. The van der Waals surface area contributed by atoms with Crippen LogP contribution in [0.5, 0.6) is 0 Å². The molecule has 5 nitrogen and oxygen atoms in total. The first-order chi connectivity index (χ1) is 6.33. The summed E-state index contributed by atoms with van der Waals surface area (Å²) in [5.74, 6) is 0.597. The van der Waals surface area contributed by atoms with Crippen LogP contribution in [0.15, 0.2) is 23.7 Å². The van der Waals surface area contributed by atoms with Gasteiger partial charge in [0.15, 0.2) is 5.82 Å². The van der Waals surface area contributed by atoms with Gasteiger partial charge in [0, 0.05) is 31.1 Å². The number of rotatable bonds is 4. The van der Waals surface area contributed by atoms with Crippen LogP contribution in [0.1, 0.15) is 13.3 Å². The second kappa shape index (κ2) is 5.21. The molecular formula is C8H12N4O. The summed E-state index contributed by atoms with van der Waals surface area (Å²) >= 11 is 0. The van der Waals surface area contributed by atoms with Crippen molar-refractivity contribution in [3.63, 3.8) is 0 Å². The molecule has 2 N–H and O–H groups in total. The molecule has 0 saturated heterocycles. The van der Waals surface area contributed by atoms with Gasteiger partial charge in [0.1, 0.15) is 0 Å². The van der Waals surface area contributed by atoms with E-state index in [0.29, 0.717) is 12.2 Å². The molecule has 5 heteroatoms. The van der Waals surface area contributed by atoms with E-state index in [2.05, 4.69) is 20.5 Å². The van der Waals surface area contributed by atoms with E-state index in [0.717, 1.165) is 5.71 Å². The standard InChI is InChI=1S/C8H12N4O/c1-7(2-5-13)11-12-8-6-9-3-4-10-8/h3-4,6,13H,2,5H2,1H3,(H,10,12)/b11-7-. The van der Waals surface area contributed by atoms with Crippen LogP contribution in [-0.2, 0) is 0 Å². The average molecular weight is 180 g/mol. The average Bonchev–Trinajstić information content (AvgIpc) is 2.17. The number of aliphatic hydroxyl groups excluding tert-OH is 1. The van der Waals surface area contributed by atoms with Gasteiger partial charge in [-0.25, -0.2) is 4.98 Å². The molecule has 0 aliphatic rings. The number of aromatic nitrogens is 2. The number of aliphatic hydroxyl groups is 1. The molecular weight excluding hydrogens is 168 g/mol. The number of nitrogens with one attached hydrogen (secondary N) is 1. The summed E-state index contributed by atoms with van der Waals surface area (Å²) in [5.41, 5.74) is 3.56. The van der Waals surface area contributed by atoms with E-state index < -0.39 is 0 Å². The zero-order valence-corrected chi connectivity index (χ0v) is 7.44. The monoisotopic (exact) mass is 180 g/mol. The predicted molar refractivity (Wildman–Crippen MR) is 50.5 cm³/mol. The number of anilines is 1. The minimum atomic E-state index is 0.109. The van der Waals surface area contributed by atoms with Crippen LogP contribution in [-0.4, -0.2) is 27.4 Å². The molecule has 1 aromatic rings. The third kappa shape index (κ3) is 3.62. The molecule has 0 saturated carbocycles. The van der Waals surface area contributed by atoms with Crippen LogP contribution in [0, 0.1) is 0 Å². The first-order valence-corrected chi connectivity index (χ1v) is 3.99. The van der Waals surface area contributed by atoms with Crippen LogP contribution in [0.3, 0.4) is 0 Å². The lowest BCUT2D eigenvalue weighted by Gasteiger charge is -1.99. The molecule has 13 heavy (non-hydrogen) atoms. The second-order valence-electron chi connectivity index (χ2n) is 2.52. The molecule has 0 unspecified atom stereocenters. The highest BCUT2D eigenvalue weighted by atomic mass is 16.3. The van der Waals surface area contributed by atoms with Gasteiger partial charge in [-0.3, -0.25) is 10.4 Å². The SMILES string of the molecule is C/C(CCO)=N/Nc1cnccn1. The Bertz CT molecular complexity index is 273. The molecule has 0 fully saturated rings. The molecule has 0 amide bonds. The Hall–Kier alpha value is -1.49. The van der Waals surface area contributed by atoms with Crippen LogP contribution < -0.4 is 5.43 Å². The van der Waals surface area contributed by atoms with Crippen molar-refractivity contribution in [2.45, 2.75) is 13.3 Å². The van der Waals surface area contributed by atoms with Gasteiger partial charge in [0.2, 0.25) is 0 Å². The Morgan fingerprint density at radius 1 is 1.62 bits per heavy atom. The summed E-state index contributed by atoms with van der Waals surface area (Å²) in [6, 6.07) is 0. The maximum Gasteiger partial charge on any atom is 0.164 e. The van der Waals surface area contributed by atoms with Crippen molar-refractivity contribution < 1.29 is 5.11 Å². The molecule has 0 spiro atoms.